The van der Waals surface area contributed by atoms with E-state index in [1.54, 1.807) is 12.3 Å². The number of nitrogens with zero attached hydrogens (tertiary/aromatic N) is 2. The summed E-state index contributed by atoms with van der Waals surface area (Å²) >= 11 is 0. The lowest BCUT2D eigenvalue weighted by Gasteiger charge is -2.20. The summed E-state index contributed by atoms with van der Waals surface area (Å²) in [6, 6.07) is 1.63. The standard InChI is InChI=1S/C10H16N4O2/c1-2-14(5-6-15)10(16)8-7-12-4-3-9(8)13-11/h3-4,7,15H,2,5-6,11H2,1H3,(H,12,13). The van der Waals surface area contributed by atoms with Gasteiger partial charge in [0.1, 0.15) is 0 Å². The quantitative estimate of drug-likeness (QED) is 0.477. The van der Waals surface area contributed by atoms with Crippen molar-refractivity contribution in [3.63, 3.8) is 0 Å². The van der Waals surface area contributed by atoms with Gasteiger partial charge < -0.3 is 15.4 Å². The van der Waals surface area contributed by atoms with Gasteiger partial charge in [-0.25, -0.2) is 0 Å². The number of carbonyl (C=O) groups is 1. The van der Waals surface area contributed by atoms with Crippen molar-refractivity contribution in [1.29, 1.82) is 0 Å². The van der Waals surface area contributed by atoms with Crippen LogP contribution in [0.25, 0.3) is 0 Å². The Labute approximate surface area is 94.1 Å². The van der Waals surface area contributed by atoms with E-state index in [1.807, 2.05) is 6.92 Å². The van der Waals surface area contributed by atoms with Crippen LogP contribution in [-0.2, 0) is 0 Å². The maximum Gasteiger partial charge on any atom is 0.257 e. The maximum absolute atomic E-state index is 12.0. The molecule has 0 fully saturated rings. The van der Waals surface area contributed by atoms with Gasteiger partial charge in [-0.05, 0) is 13.0 Å². The summed E-state index contributed by atoms with van der Waals surface area (Å²) in [6.45, 7) is 2.61. The Morgan fingerprint density at radius 1 is 1.69 bits per heavy atom. The molecule has 1 heterocycles. The molecule has 0 aliphatic rings. The van der Waals surface area contributed by atoms with Gasteiger partial charge in [0.05, 0.1) is 17.9 Å². The van der Waals surface area contributed by atoms with E-state index in [9.17, 15) is 4.79 Å². The predicted molar refractivity (Wildman–Crippen MR) is 60.7 cm³/mol. The monoisotopic (exact) mass is 224 g/mol. The molecule has 0 bridgehead atoms. The highest BCUT2D eigenvalue weighted by Gasteiger charge is 2.16. The van der Waals surface area contributed by atoms with Gasteiger partial charge in [-0.3, -0.25) is 15.6 Å². The Morgan fingerprint density at radius 2 is 2.44 bits per heavy atom. The molecule has 4 N–H and O–H groups in total. The molecule has 0 radical (unpaired) electrons. The van der Waals surface area contributed by atoms with Gasteiger partial charge >= 0.3 is 0 Å². The Hall–Kier alpha value is -1.66. The number of nitrogen functional groups attached to an aromatic ring is 1. The Kier molecular flexibility index (Phi) is 4.68. The minimum atomic E-state index is -0.197. The molecule has 16 heavy (non-hydrogen) atoms. The van der Waals surface area contributed by atoms with Gasteiger partial charge in [0.2, 0.25) is 0 Å². The van der Waals surface area contributed by atoms with E-state index >= 15 is 0 Å². The SMILES string of the molecule is CCN(CCO)C(=O)c1cnccc1NN. The second kappa shape index (κ2) is 6.04. The summed E-state index contributed by atoms with van der Waals surface area (Å²) in [5.41, 5.74) is 3.38. The van der Waals surface area contributed by atoms with Crippen LogP contribution in [-0.4, -0.2) is 40.6 Å². The summed E-state index contributed by atoms with van der Waals surface area (Å²) < 4.78 is 0. The third-order valence-electron chi connectivity index (χ3n) is 2.25. The van der Waals surface area contributed by atoms with Crippen LogP contribution >= 0.6 is 0 Å². The molecular formula is C10H16N4O2. The van der Waals surface area contributed by atoms with Crippen molar-refractivity contribution < 1.29 is 9.90 Å². The largest absolute Gasteiger partial charge is 0.395 e. The molecule has 0 aromatic carbocycles. The summed E-state index contributed by atoms with van der Waals surface area (Å²) in [5.74, 6) is 5.11. The van der Waals surface area contributed by atoms with Crippen LogP contribution in [0.15, 0.2) is 18.5 Å². The number of likely N-dealkylation sites (N-methyl/N-ethyl adjacent to an activating group) is 1. The first-order valence-electron chi connectivity index (χ1n) is 5.05. The summed E-state index contributed by atoms with van der Waals surface area (Å²) in [5, 5.41) is 8.84. The number of rotatable bonds is 5. The van der Waals surface area contributed by atoms with E-state index in [0.717, 1.165) is 0 Å². The van der Waals surface area contributed by atoms with Crippen molar-refractivity contribution in [2.75, 3.05) is 25.1 Å². The Balaban J connectivity index is 2.93. The lowest BCUT2D eigenvalue weighted by Crippen LogP contribution is -2.34. The molecule has 1 aromatic rings. The molecule has 1 aromatic heterocycles. The molecule has 0 unspecified atom stereocenters. The number of aliphatic hydroxyl groups is 1. The topological polar surface area (TPSA) is 91.5 Å². The predicted octanol–water partition coefficient (Wildman–Crippen LogP) is -0.178. The fourth-order valence-corrected chi connectivity index (χ4v) is 1.39. The average Bonchev–Trinajstić information content (AvgIpc) is 2.35. The van der Waals surface area contributed by atoms with Crippen molar-refractivity contribution in [3.05, 3.63) is 24.0 Å². The third-order valence-corrected chi connectivity index (χ3v) is 2.25. The first-order valence-corrected chi connectivity index (χ1v) is 5.05. The van der Waals surface area contributed by atoms with Gasteiger partial charge in [-0.2, -0.15) is 0 Å². The van der Waals surface area contributed by atoms with Crippen LogP contribution < -0.4 is 11.3 Å². The Morgan fingerprint density at radius 3 is 3.00 bits per heavy atom. The smallest absolute Gasteiger partial charge is 0.257 e. The fraction of sp³-hybridized carbons (Fsp3) is 0.400. The summed E-state index contributed by atoms with van der Waals surface area (Å²) in [4.78, 5) is 17.4. The molecule has 0 spiro atoms. The van der Waals surface area contributed by atoms with Crippen molar-refractivity contribution in [3.8, 4) is 0 Å². The molecule has 88 valence electrons. The minimum Gasteiger partial charge on any atom is -0.395 e. The molecule has 6 heteroatoms. The first kappa shape index (κ1) is 12.4. The third kappa shape index (κ3) is 2.68. The highest BCUT2D eigenvalue weighted by Crippen LogP contribution is 2.14. The Bertz CT molecular complexity index is 356. The molecule has 0 aliphatic carbocycles. The van der Waals surface area contributed by atoms with E-state index in [4.69, 9.17) is 10.9 Å². The van der Waals surface area contributed by atoms with E-state index in [2.05, 4.69) is 10.4 Å². The van der Waals surface area contributed by atoms with Gasteiger partial charge in [0.25, 0.3) is 5.91 Å². The molecule has 1 rings (SSSR count). The molecule has 1 amide bonds. The van der Waals surface area contributed by atoms with Crippen molar-refractivity contribution >= 4 is 11.6 Å². The van der Waals surface area contributed by atoms with E-state index in [-0.39, 0.29) is 12.5 Å². The van der Waals surface area contributed by atoms with Crippen LogP contribution in [0.2, 0.25) is 0 Å². The number of aliphatic hydroxyl groups excluding tert-OH is 1. The second-order valence-corrected chi connectivity index (χ2v) is 3.17. The summed E-state index contributed by atoms with van der Waals surface area (Å²) in [7, 11) is 0. The fourth-order valence-electron chi connectivity index (χ4n) is 1.39. The number of carbonyl (C=O) groups excluding carboxylic acids is 1. The number of anilines is 1. The number of amides is 1. The zero-order chi connectivity index (χ0) is 12.0. The number of nitrogens with two attached hydrogens (primary N) is 1. The number of aromatic nitrogens is 1. The molecular weight excluding hydrogens is 208 g/mol. The van der Waals surface area contributed by atoms with Crippen molar-refractivity contribution in [1.82, 2.24) is 9.88 Å². The highest BCUT2D eigenvalue weighted by molar-refractivity contribution is 5.99. The van der Waals surface area contributed by atoms with Gasteiger partial charge in [0, 0.05) is 25.5 Å². The minimum absolute atomic E-state index is 0.0643. The molecule has 0 saturated carbocycles. The average molecular weight is 224 g/mol. The van der Waals surface area contributed by atoms with E-state index in [0.29, 0.717) is 24.3 Å². The van der Waals surface area contributed by atoms with Crippen LogP contribution in [0.3, 0.4) is 0 Å². The molecule has 0 atom stereocenters. The van der Waals surface area contributed by atoms with Gasteiger partial charge in [-0.1, -0.05) is 0 Å². The van der Waals surface area contributed by atoms with Gasteiger partial charge in [-0.15, -0.1) is 0 Å². The molecule has 0 aliphatic heterocycles. The van der Waals surface area contributed by atoms with Crippen LogP contribution in [0.4, 0.5) is 5.69 Å². The highest BCUT2D eigenvalue weighted by atomic mass is 16.3. The van der Waals surface area contributed by atoms with E-state index in [1.165, 1.54) is 11.1 Å². The number of nitrogens with one attached hydrogen (secondary N) is 1. The van der Waals surface area contributed by atoms with Crippen molar-refractivity contribution in [2.24, 2.45) is 5.84 Å². The normalized spacial score (nSPS) is 9.94. The first-order chi connectivity index (χ1) is 7.74. The zero-order valence-corrected chi connectivity index (χ0v) is 9.18. The number of pyridine rings is 1. The van der Waals surface area contributed by atoms with Crippen LogP contribution in [0, 0.1) is 0 Å². The molecule has 0 saturated heterocycles. The second-order valence-electron chi connectivity index (χ2n) is 3.17. The lowest BCUT2D eigenvalue weighted by molar-refractivity contribution is 0.0732. The number of hydrogen-bond acceptors (Lipinski definition) is 5. The number of hydrazine groups is 1. The van der Waals surface area contributed by atoms with Crippen LogP contribution in [0.5, 0.6) is 0 Å². The van der Waals surface area contributed by atoms with Gasteiger partial charge in [0.15, 0.2) is 0 Å². The zero-order valence-electron chi connectivity index (χ0n) is 9.18. The summed E-state index contributed by atoms with van der Waals surface area (Å²) in [6.07, 6.45) is 3.01. The lowest BCUT2D eigenvalue weighted by atomic mass is 10.2. The van der Waals surface area contributed by atoms with Crippen molar-refractivity contribution in [2.45, 2.75) is 6.92 Å². The van der Waals surface area contributed by atoms with Crippen LogP contribution in [0.1, 0.15) is 17.3 Å². The van der Waals surface area contributed by atoms with E-state index < -0.39 is 0 Å². The molecule has 6 nitrogen and oxygen atoms in total. The number of hydrogen-bond donors (Lipinski definition) is 3. The maximum atomic E-state index is 12.0.